The van der Waals surface area contributed by atoms with E-state index in [0.717, 1.165) is 0 Å². The van der Waals surface area contributed by atoms with Crippen LogP contribution in [-0.2, 0) is 29.7 Å². The molecule has 0 spiro atoms. The fourth-order valence-electron chi connectivity index (χ4n) is 0.224. The van der Waals surface area contributed by atoms with E-state index in [-0.39, 0.29) is 0 Å². The summed E-state index contributed by atoms with van der Waals surface area (Å²) >= 11 is 9.52. The van der Waals surface area contributed by atoms with Gasteiger partial charge in [0.25, 0.3) is 0 Å². The van der Waals surface area contributed by atoms with E-state index >= 15 is 0 Å². The van der Waals surface area contributed by atoms with Crippen molar-refractivity contribution in [3.05, 3.63) is 11.6 Å². The standard InChI is InChI=1S/C2H2N2S3/c5-7(6)2-1-3-4-7/h1-2H. The van der Waals surface area contributed by atoms with Gasteiger partial charge < -0.3 is 0 Å². The third-order valence-electron chi connectivity index (χ3n) is 0.460. The van der Waals surface area contributed by atoms with Crippen molar-refractivity contribution in [3.8, 4) is 0 Å². The summed E-state index contributed by atoms with van der Waals surface area (Å²) in [5.41, 5.74) is 0. The first-order valence-electron chi connectivity index (χ1n) is 1.54. The van der Waals surface area contributed by atoms with Crippen LogP contribution in [0.4, 0.5) is 0 Å². The minimum absolute atomic E-state index is 1.55. The van der Waals surface area contributed by atoms with Crippen LogP contribution in [0.3, 0.4) is 0 Å². The van der Waals surface area contributed by atoms with E-state index in [1.807, 2.05) is 0 Å². The summed E-state index contributed by atoms with van der Waals surface area (Å²) in [5, 5.41) is 5.19. The number of rotatable bonds is 0. The minimum atomic E-state index is -1.60. The highest BCUT2D eigenvalue weighted by Crippen LogP contribution is 2.04. The second-order valence-electron chi connectivity index (χ2n) is 0.997. The lowest BCUT2D eigenvalue weighted by molar-refractivity contribution is 1.37. The topological polar surface area (TPSA) is 24.7 Å². The zero-order chi connectivity index (χ0) is 5.33. The molecular formula is C2H2N2S3. The molecule has 0 saturated heterocycles. The monoisotopic (exact) mass is 150 g/mol. The second-order valence-corrected chi connectivity index (χ2v) is 6.14. The van der Waals surface area contributed by atoms with Crippen molar-refractivity contribution in [3.63, 3.8) is 0 Å². The van der Waals surface area contributed by atoms with Crippen LogP contribution in [0.25, 0.3) is 0 Å². The van der Waals surface area contributed by atoms with Gasteiger partial charge in [-0.2, -0.15) is 5.11 Å². The maximum Gasteiger partial charge on any atom is 0.0589 e. The third kappa shape index (κ3) is 1.25. The summed E-state index contributed by atoms with van der Waals surface area (Å²) in [4.78, 5) is 0. The zero-order valence-electron chi connectivity index (χ0n) is 3.27. The number of hydrogen-bond acceptors (Lipinski definition) is 3. The van der Waals surface area contributed by atoms with Gasteiger partial charge in [0.05, 0.1) is 13.5 Å². The molecule has 0 fully saturated rings. The van der Waals surface area contributed by atoms with E-state index in [1.54, 1.807) is 11.6 Å². The van der Waals surface area contributed by atoms with Gasteiger partial charge in [-0.25, -0.2) is 0 Å². The Morgan fingerprint density at radius 1 is 1.43 bits per heavy atom. The summed E-state index contributed by atoms with van der Waals surface area (Å²) in [7, 11) is -1.60. The van der Waals surface area contributed by atoms with Crippen molar-refractivity contribution in [2.45, 2.75) is 0 Å². The minimum Gasteiger partial charge on any atom is -0.150 e. The number of nitrogens with zero attached hydrogens (tertiary/aromatic N) is 2. The Balaban J connectivity index is 3.25. The quantitative estimate of drug-likeness (QED) is 0.513. The molecule has 0 saturated carbocycles. The summed E-state index contributed by atoms with van der Waals surface area (Å²) in [6.07, 6.45) is 1.55. The largest absolute Gasteiger partial charge is 0.150 e. The first-order valence-corrected chi connectivity index (χ1v) is 5.05. The lowest BCUT2D eigenvalue weighted by Gasteiger charge is -1.79. The van der Waals surface area contributed by atoms with Crippen LogP contribution < -0.4 is 0 Å². The Bertz CT molecular complexity index is 191. The van der Waals surface area contributed by atoms with Crippen molar-refractivity contribution in [2.75, 3.05) is 0 Å². The Morgan fingerprint density at radius 2 is 2.14 bits per heavy atom. The molecule has 0 aromatic heterocycles. The molecule has 0 aromatic carbocycles. The summed E-state index contributed by atoms with van der Waals surface area (Å²) in [6.45, 7) is 0. The molecule has 1 aliphatic heterocycles. The first kappa shape index (κ1) is 5.27. The number of hydrogen-bond donors (Lipinski definition) is 0. The molecule has 1 aliphatic rings. The second kappa shape index (κ2) is 1.57. The molecule has 0 N–H and O–H groups in total. The fourth-order valence-corrected chi connectivity index (χ4v) is 1.20. The van der Waals surface area contributed by atoms with Crippen molar-refractivity contribution < 1.29 is 0 Å². The van der Waals surface area contributed by atoms with E-state index in [2.05, 4.69) is 9.63 Å². The van der Waals surface area contributed by atoms with E-state index in [9.17, 15) is 0 Å². The zero-order valence-corrected chi connectivity index (χ0v) is 5.72. The molecule has 38 valence electrons. The molecular weight excluding hydrogens is 148 g/mol. The fraction of sp³-hybridized carbons (Fsp3) is 0. The van der Waals surface area contributed by atoms with Crippen molar-refractivity contribution >= 4 is 29.7 Å². The lowest BCUT2D eigenvalue weighted by Crippen LogP contribution is -1.73. The SMILES string of the molecule is S=S1(=S)C=CN=N1. The molecule has 7 heavy (non-hydrogen) atoms. The van der Waals surface area contributed by atoms with Gasteiger partial charge in [-0.15, -0.1) is 4.52 Å². The Labute approximate surface area is 51.3 Å². The molecule has 0 bridgehead atoms. The predicted molar refractivity (Wildman–Crippen MR) is 36.1 cm³/mol. The van der Waals surface area contributed by atoms with E-state index in [1.165, 1.54) is 0 Å². The molecule has 0 unspecified atom stereocenters. The molecule has 0 aromatic rings. The van der Waals surface area contributed by atoms with Crippen LogP contribution in [0.2, 0.25) is 0 Å². The van der Waals surface area contributed by atoms with Crippen LogP contribution >= 0.6 is 0 Å². The summed E-state index contributed by atoms with van der Waals surface area (Å²) in [5.74, 6) is 0. The molecule has 0 amide bonds. The van der Waals surface area contributed by atoms with Crippen LogP contribution in [0.1, 0.15) is 0 Å². The van der Waals surface area contributed by atoms with Gasteiger partial charge in [-0.3, -0.25) is 0 Å². The van der Waals surface area contributed by atoms with Gasteiger partial charge in [0, 0.05) is 5.41 Å². The Hall–Kier alpha value is 0.130. The molecule has 1 heterocycles. The molecule has 0 radical (unpaired) electrons. The smallest absolute Gasteiger partial charge is 0.0589 e. The third-order valence-corrected chi connectivity index (χ3v) is 2.31. The van der Waals surface area contributed by atoms with Crippen LogP contribution in [0.5, 0.6) is 0 Å². The van der Waals surface area contributed by atoms with Gasteiger partial charge >= 0.3 is 0 Å². The van der Waals surface area contributed by atoms with Crippen molar-refractivity contribution in [1.29, 1.82) is 0 Å². The highest BCUT2D eigenvalue weighted by atomic mass is 33.1. The summed E-state index contributed by atoms with van der Waals surface area (Å²) < 4.78 is 3.59. The molecule has 0 atom stereocenters. The maximum absolute atomic E-state index is 4.76. The highest BCUT2D eigenvalue weighted by molar-refractivity contribution is 8.57. The van der Waals surface area contributed by atoms with Gasteiger partial charge in [0.2, 0.25) is 0 Å². The first-order chi connectivity index (χ1) is 3.21. The average molecular weight is 150 g/mol. The highest BCUT2D eigenvalue weighted by Gasteiger charge is 1.94. The molecule has 2 nitrogen and oxygen atoms in total. The van der Waals surface area contributed by atoms with Gasteiger partial charge in [-0.05, 0) is 22.4 Å². The van der Waals surface area contributed by atoms with E-state index in [4.69, 9.17) is 22.4 Å². The Morgan fingerprint density at radius 3 is 2.29 bits per heavy atom. The Kier molecular flexibility index (Phi) is 1.18. The molecule has 5 heteroatoms. The molecule has 0 aliphatic carbocycles. The molecule has 1 rings (SSSR count). The lowest BCUT2D eigenvalue weighted by atomic mass is 11.1. The van der Waals surface area contributed by atoms with Crippen molar-refractivity contribution in [2.24, 2.45) is 9.63 Å². The van der Waals surface area contributed by atoms with Gasteiger partial charge in [-0.1, -0.05) is 0 Å². The van der Waals surface area contributed by atoms with E-state index in [0.29, 0.717) is 0 Å². The van der Waals surface area contributed by atoms with E-state index < -0.39 is 7.33 Å². The van der Waals surface area contributed by atoms with Crippen LogP contribution in [0.15, 0.2) is 21.2 Å². The summed E-state index contributed by atoms with van der Waals surface area (Å²) in [6, 6.07) is 0. The average Bonchev–Trinajstić information content (AvgIpc) is 1.84. The van der Waals surface area contributed by atoms with Gasteiger partial charge in [0.15, 0.2) is 0 Å². The van der Waals surface area contributed by atoms with Crippen LogP contribution in [-0.4, -0.2) is 0 Å². The maximum atomic E-state index is 4.76. The van der Waals surface area contributed by atoms with Crippen molar-refractivity contribution in [1.82, 2.24) is 0 Å². The van der Waals surface area contributed by atoms with Crippen LogP contribution in [0, 0.1) is 0 Å². The van der Waals surface area contributed by atoms with Gasteiger partial charge in [0.1, 0.15) is 0 Å². The predicted octanol–water partition coefficient (Wildman–Crippen LogP) is 0.916. The normalized spacial score (nSPS) is 23.4.